The molecule has 0 saturated carbocycles. The molecule has 7 heteroatoms. The maximum atomic E-state index is 13.3. The lowest BCUT2D eigenvalue weighted by atomic mass is 10.1. The van der Waals surface area contributed by atoms with Crippen molar-refractivity contribution in [3.8, 4) is 5.75 Å². The predicted molar refractivity (Wildman–Crippen MR) is 105 cm³/mol. The van der Waals surface area contributed by atoms with Crippen LogP contribution in [0.25, 0.3) is 0 Å². The summed E-state index contributed by atoms with van der Waals surface area (Å²) >= 11 is 0. The van der Waals surface area contributed by atoms with Crippen molar-refractivity contribution in [3.63, 3.8) is 0 Å². The average Bonchev–Trinajstić information content (AvgIpc) is 2.60. The number of rotatable bonds is 7. The molecule has 0 fully saturated rings. The molecule has 0 N–H and O–H groups in total. The molecule has 6 nitrogen and oxygen atoms in total. The zero-order valence-corrected chi connectivity index (χ0v) is 17.1. The number of benzene rings is 2. The van der Waals surface area contributed by atoms with E-state index in [0.29, 0.717) is 18.0 Å². The molecule has 146 valence electrons. The highest BCUT2D eigenvalue weighted by atomic mass is 32.2. The number of sulfonamides is 1. The molecular formula is C20H25NO5S. The molecule has 0 heterocycles. The van der Waals surface area contributed by atoms with Crippen LogP contribution in [0.4, 0.5) is 5.69 Å². The van der Waals surface area contributed by atoms with Gasteiger partial charge < -0.3 is 9.47 Å². The molecular weight excluding hydrogens is 366 g/mol. The molecule has 0 unspecified atom stereocenters. The van der Waals surface area contributed by atoms with Crippen molar-refractivity contribution in [2.24, 2.45) is 0 Å². The van der Waals surface area contributed by atoms with Gasteiger partial charge in [-0.1, -0.05) is 17.7 Å². The zero-order chi connectivity index (χ0) is 20.2. The molecule has 0 saturated heterocycles. The van der Waals surface area contributed by atoms with Crippen molar-refractivity contribution in [2.75, 3.05) is 24.6 Å². The van der Waals surface area contributed by atoms with Gasteiger partial charge >= 0.3 is 5.97 Å². The third-order valence-corrected chi connectivity index (χ3v) is 5.87. The van der Waals surface area contributed by atoms with E-state index in [9.17, 15) is 13.2 Å². The van der Waals surface area contributed by atoms with Gasteiger partial charge in [-0.25, -0.2) is 8.42 Å². The van der Waals surface area contributed by atoms with Gasteiger partial charge in [0.25, 0.3) is 10.0 Å². The van der Waals surface area contributed by atoms with Crippen LogP contribution in [0.1, 0.15) is 23.6 Å². The predicted octanol–water partition coefficient (Wildman–Crippen LogP) is 3.38. The largest absolute Gasteiger partial charge is 0.494 e. The van der Waals surface area contributed by atoms with E-state index < -0.39 is 22.5 Å². The molecule has 0 atom stereocenters. The quantitative estimate of drug-likeness (QED) is 0.677. The summed E-state index contributed by atoms with van der Waals surface area (Å²) < 4.78 is 37.8. The number of ether oxygens (including phenoxy) is 2. The normalized spacial score (nSPS) is 11.1. The van der Waals surface area contributed by atoms with E-state index in [1.807, 2.05) is 39.8 Å². The van der Waals surface area contributed by atoms with Crippen LogP contribution in [0.3, 0.4) is 0 Å². The summed E-state index contributed by atoms with van der Waals surface area (Å²) in [6.45, 7) is 7.53. The van der Waals surface area contributed by atoms with Gasteiger partial charge in [-0.15, -0.1) is 0 Å². The Bertz CT molecular complexity index is 897. The first-order valence-electron chi connectivity index (χ1n) is 8.61. The first kappa shape index (κ1) is 20.8. The van der Waals surface area contributed by atoms with E-state index in [0.717, 1.165) is 21.0 Å². The van der Waals surface area contributed by atoms with E-state index >= 15 is 0 Å². The Morgan fingerprint density at radius 2 is 1.59 bits per heavy atom. The Morgan fingerprint density at radius 3 is 2.07 bits per heavy atom. The molecule has 0 aliphatic rings. The molecule has 0 amide bonds. The number of anilines is 1. The van der Waals surface area contributed by atoms with E-state index in [1.54, 1.807) is 12.1 Å². The second-order valence-corrected chi connectivity index (χ2v) is 8.10. The average molecular weight is 391 g/mol. The third kappa shape index (κ3) is 4.60. The summed E-state index contributed by atoms with van der Waals surface area (Å²) in [7, 11) is -2.74. The van der Waals surface area contributed by atoms with Crippen LogP contribution in [0.15, 0.2) is 41.3 Å². The summed E-state index contributed by atoms with van der Waals surface area (Å²) in [5.74, 6) is -0.0532. The van der Waals surface area contributed by atoms with E-state index in [1.165, 1.54) is 19.2 Å². The first-order chi connectivity index (χ1) is 12.7. The Labute approximate surface area is 160 Å². The van der Waals surface area contributed by atoms with E-state index in [-0.39, 0.29) is 4.90 Å². The lowest BCUT2D eigenvalue weighted by Gasteiger charge is -2.27. The highest BCUT2D eigenvalue weighted by Crippen LogP contribution is 2.31. The van der Waals surface area contributed by atoms with Gasteiger partial charge in [-0.05, 0) is 63.1 Å². The van der Waals surface area contributed by atoms with Gasteiger partial charge in [0, 0.05) is 0 Å². The Balaban J connectivity index is 2.58. The number of carbonyl (C=O) groups excluding carboxylic acids is 1. The van der Waals surface area contributed by atoms with Crippen LogP contribution in [0, 0.1) is 20.8 Å². The molecule has 0 radical (unpaired) electrons. The fourth-order valence-corrected chi connectivity index (χ4v) is 4.57. The number of hydrogen-bond acceptors (Lipinski definition) is 5. The van der Waals surface area contributed by atoms with Gasteiger partial charge in [0.05, 0.1) is 24.3 Å². The second kappa shape index (κ2) is 8.43. The zero-order valence-electron chi connectivity index (χ0n) is 16.3. The van der Waals surface area contributed by atoms with Crippen LogP contribution in [0.2, 0.25) is 0 Å². The third-order valence-electron chi connectivity index (χ3n) is 4.11. The SMILES string of the molecule is CCOc1ccc(S(=O)(=O)N(CC(=O)OC)c2c(C)cc(C)cc2C)cc1. The highest BCUT2D eigenvalue weighted by molar-refractivity contribution is 7.92. The Morgan fingerprint density at radius 1 is 1.04 bits per heavy atom. The molecule has 0 bridgehead atoms. The topological polar surface area (TPSA) is 72.9 Å². The molecule has 2 aromatic rings. The second-order valence-electron chi connectivity index (χ2n) is 6.24. The van der Waals surface area contributed by atoms with Gasteiger partial charge in [-0.3, -0.25) is 9.10 Å². The van der Waals surface area contributed by atoms with Crippen LogP contribution in [-0.4, -0.2) is 34.6 Å². The lowest BCUT2D eigenvalue weighted by Crippen LogP contribution is -2.37. The molecule has 0 aromatic heterocycles. The molecule has 0 aliphatic heterocycles. The standard InChI is InChI=1S/C20H25NO5S/c1-6-26-17-7-9-18(10-8-17)27(23,24)21(13-19(22)25-5)20-15(3)11-14(2)12-16(20)4/h7-12H,6,13H2,1-5H3. The number of hydrogen-bond donors (Lipinski definition) is 0. The van der Waals surface area contributed by atoms with E-state index in [2.05, 4.69) is 0 Å². The van der Waals surface area contributed by atoms with E-state index in [4.69, 9.17) is 9.47 Å². The summed E-state index contributed by atoms with van der Waals surface area (Å²) in [5, 5.41) is 0. The molecule has 27 heavy (non-hydrogen) atoms. The summed E-state index contributed by atoms with van der Waals surface area (Å²) in [6, 6.07) is 9.93. The monoisotopic (exact) mass is 391 g/mol. The van der Waals surface area contributed by atoms with Gasteiger partial charge in [0.15, 0.2) is 0 Å². The minimum absolute atomic E-state index is 0.0780. The van der Waals surface area contributed by atoms with Gasteiger partial charge in [0.2, 0.25) is 0 Å². The highest BCUT2D eigenvalue weighted by Gasteiger charge is 2.30. The van der Waals surface area contributed by atoms with Crippen LogP contribution in [-0.2, 0) is 19.6 Å². The minimum Gasteiger partial charge on any atom is -0.494 e. The molecule has 0 spiro atoms. The van der Waals surface area contributed by atoms with Gasteiger partial charge in [-0.2, -0.15) is 0 Å². The fraction of sp³-hybridized carbons (Fsp3) is 0.350. The van der Waals surface area contributed by atoms with Crippen molar-refractivity contribution in [2.45, 2.75) is 32.6 Å². The van der Waals surface area contributed by atoms with Crippen LogP contribution >= 0.6 is 0 Å². The van der Waals surface area contributed by atoms with Crippen LogP contribution < -0.4 is 9.04 Å². The number of aryl methyl sites for hydroxylation is 3. The van der Waals surface area contributed by atoms with Crippen molar-refractivity contribution in [1.29, 1.82) is 0 Å². The Kier molecular flexibility index (Phi) is 6.49. The smallest absolute Gasteiger partial charge is 0.326 e. The summed E-state index contributed by atoms with van der Waals surface area (Å²) in [5.41, 5.74) is 3.04. The van der Waals surface area contributed by atoms with Gasteiger partial charge in [0.1, 0.15) is 12.3 Å². The molecule has 2 rings (SSSR count). The minimum atomic E-state index is -3.97. The van der Waals surface area contributed by atoms with Crippen molar-refractivity contribution < 1.29 is 22.7 Å². The fourth-order valence-electron chi connectivity index (χ4n) is 3.03. The lowest BCUT2D eigenvalue weighted by molar-refractivity contribution is -0.138. The van der Waals surface area contributed by atoms with Crippen molar-refractivity contribution >= 4 is 21.7 Å². The van der Waals surface area contributed by atoms with Crippen LogP contribution in [0.5, 0.6) is 5.75 Å². The summed E-state index contributed by atoms with van der Waals surface area (Å²) in [6.07, 6.45) is 0. The number of nitrogens with zero attached hydrogens (tertiary/aromatic N) is 1. The summed E-state index contributed by atoms with van der Waals surface area (Å²) in [4.78, 5) is 12.0. The maximum Gasteiger partial charge on any atom is 0.326 e. The number of methoxy groups -OCH3 is 1. The molecule has 0 aliphatic carbocycles. The molecule has 2 aromatic carbocycles. The maximum absolute atomic E-state index is 13.3. The van der Waals surface area contributed by atoms with Crippen molar-refractivity contribution in [3.05, 3.63) is 53.1 Å². The number of esters is 1. The first-order valence-corrected chi connectivity index (χ1v) is 10.0. The van der Waals surface area contributed by atoms with Crippen molar-refractivity contribution in [1.82, 2.24) is 0 Å². The number of carbonyl (C=O) groups is 1. The Hall–Kier alpha value is -2.54.